The van der Waals surface area contributed by atoms with E-state index in [-0.39, 0.29) is 28.3 Å². The number of aliphatic imine (C=N–C) groups is 1. The lowest BCUT2D eigenvalue weighted by Crippen LogP contribution is -2.36. The Bertz CT molecular complexity index is 1100. The van der Waals surface area contributed by atoms with Crippen LogP contribution in [-0.4, -0.2) is 42.9 Å². The van der Waals surface area contributed by atoms with E-state index in [4.69, 9.17) is 10.5 Å². The number of aromatic nitrogens is 1. The number of nitrogens with two attached hydrogens (primary N) is 1. The van der Waals surface area contributed by atoms with Gasteiger partial charge in [0.05, 0.1) is 11.1 Å². The molecule has 1 aromatic carbocycles. The third kappa shape index (κ3) is 4.74. The summed E-state index contributed by atoms with van der Waals surface area (Å²) in [5.74, 6) is -0.691. The number of carbonyl (C=O) groups is 1. The highest BCUT2D eigenvalue weighted by molar-refractivity contribution is 7.13. The van der Waals surface area contributed by atoms with Gasteiger partial charge in [0.1, 0.15) is 5.69 Å². The van der Waals surface area contributed by atoms with Crippen LogP contribution in [0.4, 0.5) is 13.2 Å². The summed E-state index contributed by atoms with van der Waals surface area (Å²) >= 11 is 1.39. The Morgan fingerprint density at radius 1 is 1.30 bits per heavy atom. The summed E-state index contributed by atoms with van der Waals surface area (Å²) in [6.07, 6.45) is -4.60. The number of nitrogens with one attached hydrogen (secondary N) is 2. The van der Waals surface area contributed by atoms with Crippen LogP contribution in [0.2, 0.25) is 0 Å². The fraction of sp³-hybridized carbons (Fsp3) is 0.263. The van der Waals surface area contributed by atoms with E-state index in [1.165, 1.54) is 24.5 Å². The number of fused-ring (bicyclic) bond motifs is 1. The zero-order valence-electron chi connectivity index (χ0n) is 16.4. The molecule has 4 N–H and O–H groups in total. The third-order valence-corrected chi connectivity index (χ3v) is 5.06. The molecule has 0 saturated heterocycles. The molecular weight excluding hydrogens is 419 g/mol. The van der Waals surface area contributed by atoms with Crippen LogP contribution in [0.25, 0.3) is 10.9 Å². The first-order valence-corrected chi connectivity index (χ1v) is 9.58. The number of hydrogen-bond donors (Lipinski definition) is 3. The summed E-state index contributed by atoms with van der Waals surface area (Å²) in [4.78, 5) is 21.6. The molecule has 30 heavy (non-hydrogen) atoms. The van der Waals surface area contributed by atoms with Crippen molar-refractivity contribution >= 4 is 34.1 Å². The zero-order valence-corrected chi connectivity index (χ0v) is 17.2. The number of halogens is 3. The molecule has 1 amide bonds. The molecule has 0 bridgehead atoms. The maximum absolute atomic E-state index is 13.5. The number of hydrogen-bond acceptors (Lipinski definition) is 5. The van der Waals surface area contributed by atoms with Gasteiger partial charge in [0.15, 0.2) is 16.8 Å². The molecule has 11 heteroatoms. The number of alkyl halides is 3. The molecule has 3 rings (SSSR count). The lowest BCUT2D eigenvalue weighted by atomic mass is 10.1. The van der Waals surface area contributed by atoms with Crippen LogP contribution in [0.3, 0.4) is 0 Å². The Morgan fingerprint density at radius 2 is 2.03 bits per heavy atom. The largest absolute Gasteiger partial charge is 0.444 e. The van der Waals surface area contributed by atoms with Crippen molar-refractivity contribution in [3.63, 3.8) is 0 Å². The van der Waals surface area contributed by atoms with Gasteiger partial charge in [-0.15, -0.1) is 11.3 Å². The van der Waals surface area contributed by atoms with Crippen molar-refractivity contribution < 1.29 is 22.7 Å². The molecule has 0 saturated carbocycles. The molecule has 0 unspecified atom stereocenters. The average Bonchev–Trinajstić information content (AvgIpc) is 3.27. The summed E-state index contributed by atoms with van der Waals surface area (Å²) in [5.41, 5.74) is 4.55. The SMILES string of the molecule is CN=C(N)NC(=O)c1cc2c(C(F)(F)F)ccc(Oc3ccc(CN(C)C)s3)c2[nH]1. The monoisotopic (exact) mass is 439 g/mol. The Kier molecular flexibility index (Phi) is 6.04. The van der Waals surface area contributed by atoms with Gasteiger partial charge < -0.3 is 20.4 Å². The van der Waals surface area contributed by atoms with Gasteiger partial charge in [-0.3, -0.25) is 15.1 Å². The molecule has 0 aliphatic rings. The second-order valence-corrected chi connectivity index (χ2v) is 7.84. The standard InChI is InChI=1S/C19H20F3N5O2S/c1-24-18(23)26-17(28)13-8-11-12(19(20,21)22)5-6-14(16(11)25-13)29-15-7-4-10(30-15)9-27(2)3/h4-8,25H,9H2,1-3H3,(H3,23,24,26,28). The Labute approximate surface area is 174 Å². The Hall–Kier alpha value is -3.05. The Balaban J connectivity index is 2.02. The first-order chi connectivity index (χ1) is 14.1. The summed E-state index contributed by atoms with van der Waals surface area (Å²) in [6, 6.07) is 6.93. The minimum absolute atomic E-state index is 0.0598. The smallest absolute Gasteiger partial charge is 0.417 e. The fourth-order valence-corrected chi connectivity index (χ4v) is 3.79. The highest BCUT2D eigenvalue weighted by Crippen LogP contribution is 2.40. The van der Waals surface area contributed by atoms with Crippen LogP contribution < -0.4 is 15.8 Å². The number of thiophene rings is 1. The highest BCUT2D eigenvalue weighted by atomic mass is 32.1. The number of amides is 1. The summed E-state index contributed by atoms with van der Waals surface area (Å²) in [5, 5.41) is 2.63. The molecule has 0 fully saturated rings. The molecule has 0 atom stereocenters. The van der Waals surface area contributed by atoms with Gasteiger partial charge in [0.25, 0.3) is 5.91 Å². The molecule has 3 aromatic rings. The van der Waals surface area contributed by atoms with Crippen molar-refractivity contribution in [3.8, 4) is 10.8 Å². The number of benzene rings is 1. The second-order valence-electron chi connectivity index (χ2n) is 6.70. The van der Waals surface area contributed by atoms with Gasteiger partial charge in [-0.1, -0.05) is 0 Å². The van der Waals surface area contributed by atoms with Crippen LogP contribution in [0.5, 0.6) is 10.8 Å². The molecular formula is C19H20F3N5O2S. The van der Waals surface area contributed by atoms with Crippen LogP contribution in [0.1, 0.15) is 20.9 Å². The first kappa shape index (κ1) is 21.7. The van der Waals surface area contributed by atoms with Crippen molar-refractivity contribution in [2.45, 2.75) is 12.7 Å². The van der Waals surface area contributed by atoms with Crippen LogP contribution >= 0.6 is 11.3 Å². The van der Waals surface area contributed by atoms with Gasteiger partial charge in [-0.25, -0.2) is 0 Å². The molecule has 0 radical (unpaired) electrons. The maximum Gasteiger partial charge on any atom is 0.417 e. The van der Waals surface area contributed by atoms with E-state index in [2.05, 4.69) is 15.3 Å². The van der Waals surface area contributed by atoms with Gasteiger partial charge in [-0.05, 0) is 44.4 Å². The lowest BCUT2D eigenvalue weighted by molar-refractivity contribution is -0.136. The first-order valence-electron chi connectivity index (χ1n) is 8.76. The van der Waals surface area contributed by atoms with Gasteiger partial charge >= 0.3 is 6.18 Å². The van der Waals surface area contributed by atoms with Gasteiger partial charge in [0, 0.05) is 23.9 Å². The second kappa shape index (κ2) is 8.36. The topological polar surface area (TPSA) is 95.7 Å². The quantitative estimate of drug-likeness (QED) is 0.417. The minimum Gasteiger partial charge on any atom is -0.444 e. The van der Waals surface area contributed by atoms with Crippen molar-refractivity contribution in [1.82, 2.24) is 15.2 Å². The minimum atomic E-state index is -4.60. The molecule has 0 aliphatic carbocycles. The Morgan fingerprint density at radius 3 is 2.67 bits per heavy atom. The van der Waals surface area contributed by atoms with Crippen molar-refractivity contribution in [3.05, 3.63) is 46.5 Å². The summed E-state index contributed by atoms with van der Waals surface area (Å²) in [7, 11) is 5.24. The van der Waals surface area contributed by atoms with E-state index in [9.17, 15) is 18.0 Å². The predicted octanol–water partition coefficient (Wildman–Crippen LogP) is 3.78. The molecule has 0 aliphatic heterocycles. The zero-order chi connectivity index (χ0) is 22.1. The van der Waals surface area contributed by atoms with Gasteiger partial charge in [0.2, 0.25) is 0 Å². The van der Waals surface area contributed by atoms with Crippen molar-refractivity contribution in [2.75, 3.05) is 21.1 Å². The van der Waals surface area contributed by atoms with Gasteiger partial charge in [-0.2, -0.15) is 13.2 Å². The van der Waals surface area contributed by atoms with E-state index >= 15 is 0 Å². The molecule has 0 spiro atoms. The lowest BCUT2D eigenvalue weighted by Gasteiger charge is -2.11. The number of carbonyl (C=O) groups excluding carboxylic acids is 1. The van der Waals surface area contributed by atoms with Crippen molar-refractivity contribution in [2.24, 2.45) is 10.7 Å². The number of nitrogens with zero attached hydrogens (tertiary/aromatic N) is 2. The normalized spacial score (nSPS) is 12.6. The van der Waals surface area contributed by atoms with Crippen LogP contribution in [-0.2, 0) is 12.7 Å². The van der Waals surface area contributed by atoms with Crippen LogP contribution in [0.15, 0.2) is 35.3 Å². The van der Waals surface area contributed by atoms with E-state index < -0.39 is 17.6 Å². The van der Waals surface area contributed by atoms with Crippen LogP contribution in [0, 0.1) is 0 Å². The number of H-pyrrole nitrogens is 1. The third-order valence-electron chi connectivity index (χ3n) is 4.11. The van der Waals surface area contributed by atoms with E-state index in [0.717, 1.165) is 17.0 Å². The number of aromatic amines is 1. The van der Waals surface area contributed by atoms with E-state index in [0.29, 0.717) is 11.6 Å². The van der Waals surface area contributed by atoms with Crippen molar-refractivity contribution in [1.29, 1.82) is 0 Å². The number of rotatable bonds is 5. The highest BCUT2D eigenvalue weighted by Gasteiger charge is 2.34. The molecule has 2 heterocycles. The summed E-state index contributed by atoms with van der Waals surface area (Å²) < 4.78 is 46.3. The number of ether oxygens (including phenoxy) is 1. The average molecular weight is 439 g/mol. The molecule has 7 nitrogen and oxygen atoms in total. The van der Waals surface area contributed by atoms with E-state index in [1.807, 2.05) is 25.1 Å². The number of guanidine groups is 1. The fourth-order valence-electron chi connectivity index (χ4n) is 2.81. The van der Waals surface area contributed by atoms with E-state index in [1.54, 1.807) is 6.07 Å². The molecule has 160 valence electrons. The maximum atomic E-state index is 13.5. The predicted molar refractivity (Wildman–Crippen MR) is 110 cm³/mol. The molecule has 2 aromatic heterocycles. The summed E-state index contributed by atoms with van der Waals surface area (Å²) in [6.45, 7) is 0.712.